The van der Waals surface area contributed by atoms with Crippen molar-refractivity contribution >= 4 is 33.7 Å². The summed E-state index contributed by atoms with van der Waals surface area (Å²) in [7, 11) is 0. The molecule has 5 aromatic rings. The first-order chi connectivity index (χ1) is 14.1. The van der Waals surface area contributed by atoms with E-state index in [0.29, 0.717) is 6.54 Å². The number of nitrogens with zero attached hydrogens (tertiary/aromatic N) is 3. The molecule has 0 unspecified atom stereocenters. The number of nitrogens with two attached hydrogens (primary N) is 1. The zero-order valence-corrected chi connectivity index (χ0v) is 16.0. The number of aryl methyl sites for hydroxylation is 1. The second-order valence-electron chi connectivity index (χ2n) is 7.21. The Labute approximate surface area is 167 Å². The number of aromatic amines is 2. The van der Waals surface area contributed by atoms with Crippen LogP contribution >= 0.6 is 0 Å². The highest BCUT2D eigenvalue weighted by Crippen LogP contribution is 2.22. The molecule has 5 N–H and O–H groups in total. The summed E-state index contributed by atoms with van der Waals surface area (Å²) < 4.78 is 0. The van der Waals surface area contributed by atoms with Crippen LogP contribution in [0.15, 0.2) is 54.9 Å². The van der Waals surface area contributed by atoms with Crippen LogP contribution in [0, 0.1) is 6.92 Å². The molecule has 5 rings (SSSR count). The summed E-state index contributed by atoms with van der Waals surface area (Å²) in [6.45, 7) is 2.58. The third-order valence-corrected chi connectivity index (χ3v) is 5.02. The number of hydrogen-bond donors (Lipinski definition) is 4. The van der Waals surface area contributed by atoms with Crippen molar-refractivity contribution in [2.75, 3.05) is 11.1 Å². The number of nitrogen functional groups attached to an aromatic ring is 1. The molecule has 0 atom stereocenters. The summed E-state index contributed by atoms with van der Waals surface area (Å²) in [5, 5.41) is 4.62. The number of hydrogen-bond acceptors (Lipinski definition) is 5. The third-order valence-electron chi connectivity index (χ3n) is 5.02. The minimum Gasteiger partial charge on any atom is -0.368 e. The van der Waals surface area contributed by atoms with Crippen molar-refractivity contribution in [1.82, 2.24) is 24.9 Å². The molecule has 2 aromatic carbocycles. The molecule has 3 aromatic heterocycles. The molecule has 7 nitrogen and oxygen atoms in total. The Bertz CT molecular complexity index is 1320. The molecule has 0 aliphatic heterocycles. The first kappa shape index (κ1) is 17.2. The van der Waals surface area contributed by atoms with E-state index in [1.807, 2.05) is 19.2 Å². The van der Waals surface area contributed by atoms with Gasteiger partial charge in [0.15, 0.2) is 0 Å². The van der Waals surface area contributed by atoms with Gasteiger partial charge in [-0.25, -0.2) is 9.97 Å². The highest BCUT2D eigenvalue weighted by molar-refractivity contribution is 5.80. The van der Waals surface area contributed by atoms with Gasteiger partial charge in [0.05, 0.1) is 11.0 Å². The Morgan fingerprint density at radius 2 is 1.90 bits per heavy atom. The standard InChI is InChI=1S/C22H21N7/c1-13-27-18-5-3-15(10-20(18)28-13)11-25-21-17(12-26-22(23)29-21)8-14-2-4-16-6-7-24-19(16)9-14/h2-7,9-10,12,24H,8,11H2,1H3,(H,27,28)(H3,23,25,26,29). The average molecular weight is 383 g/mol. The Hall–Kier alpha value is -3.87. The van der Waals surface area contributed by atoms with Crippen molar-refractivity contribution in [3.05, 3.63) is 77.4 Å². The van der Waals surface area contributed by atoms with E-state index < -0.39 is 0 Å². The topological polar surface area (TPSA) is 108 Å². The maximum absolute atomic E-state index is 5.85. The predicted octanol–water partition coefficient (Wildman–Crippen LogP) is 3.93. The first-order valence-corrected chi connectivity index (χ1v) is 9.50. The number of anilines is 2. The summed E-state index contributed by atoms with van der Waals surface area (Å²) in [5.41, 5.74) is 12.3. The average Bonchev–Trinajstić information content (AvgIpc) is 3.32. The lowest BCUT2D eigenvalue weighted by atomic mass is 10.1. The van der Waals surface area contributed by atoms with Gasteiger partial charge in [-0.15, -0.1) is 0 Å². The maximum atomic E-state index is 5.85. The summed E-state index contributed by atoms with van der Waals surface area (Å²) >= 11 is 0. The summed E-state index contributed by atoms with van der Waals surface area (Å²) in [6.07, 6.45) is 4.46. The third kappa shape index (κ3) is 3.50. The molecule has 0 amide bonds. The van der Waals surface area contributed by atoms with Gasteiger partial charge in [-0.3, -0.25) is 0 Å². The smallest absolute Gasteiger partial charge is 0.221 e. The van der Waals surface area contributed by atoms with E-state index >= 15 is 0 Å². The zero-order chi connectivity index (χ0) is 19.8. The van der Waals surface area contributed by atoms with Crippen LogP contribution in [0.2, 0.25) is 0 Å². The molecule has 0 spiro atoms. The molecule has 0 aliphatic carbocycles. The van der Waals surface area contributed by atoms with Gasteiger partial charge in [-0.05, 0) is 47.7 Å². The Morgan fingerprint density at radius 3 is 2.83 bits per heavy atom. The highest BCUT2D eigenvalue weighted by atomic mass is 15.1. The van der Waals surface area contributed by atoms with Gasteiger partial charge < -0.3 is 21.0 Å². The van der Waals surface area contributed by atoms with E-state index in [1.165, 1.54) is 10.9 Å². The second kappa shape index (κ2) is 6.94. The van der Waals surface area contributed by atoms with Crippen LogP contribution in [-0.2, 0) is 13.0 Å². The van der Waals surface area contributed by atoms with Gasteiger partial charge in [-0.1, -0.05) is 18.2 Å². The SMILES string of the molecule is Cc1nc2cc(CNc3nc(N)ncc3Cc3ccc4cc[nH]c4c3)ccc2[nH]1. The number of aromatic nitrogens is 5. The Balaban J connectivity index is 1.39. The normalized spacial score (nSPS) is 11.3. The molecule has 0 saturated heterocycles. The molecule has 0 radical (unpaired) electrons. The van der Waals surface area contributed by atoms with Gasteiger partial charge in [0.2, 0.25) is 5.95 Å². The molecule has 0 bridgehead atoms. The molecule has 29 heavy (non-hydrogen) atoms. The zero-order valence-electron chi connectivity index (χ0n) is 16.0. The number of imidazole rings is 1. The van der Waals surface area contributed by atoms with Crippen molar-refractivity contribution in [3.63, 3.8) is 0 Å². The molecule has 0 fully saturated rings. The lowest BCUT2D eigenvalue weighted by Crippen LogP contribution is -2.08. The van der Waals surface area contributed by atoms with Crippen LogP contribution in [-0.4, -0.2) is 24.9 Å². The monoisotopic (exact) mass is 383 g/mol. The van der Waals surface area contributed by atoms with E-state index in [2.05, 4.69) is 66.6 Å². The fraction of sp³-hybridized carbons (Fsp3) is 0.136. The van der Waals surface area contributed by atoms with Gasteiger partial charge >= 0.3 is 0 Å². The molecular formula is C22H21N7. The van der Waals surface area contributed by atoms with E-state index in [9.17, 15) is 0 Å². The summed E-state index contributed by atoms with van der Waals surface area (Å²) in [4.78, 5) is 19.6. The number of fused-ring (bicyclic) bond motifs is 2. The molecule has 0 saturated carbocycles. The van der Waals surface area contributed by atoms with Crippen molar-refractivity contribution in [2.45, 2.75) is 19.9 Å². The number of rotatable bonds is 5. The number of benzene rings is 2. The van der Waals surface area contributed by atoms with Crippen molar-refractivity contribution < 1.29 is 0 Å². The van der Waals surface area contributed by atoms with E-state index in [1.54, 1.807) is 6.20 Å². The lowest BCUT2D eigenvalue weighted by Gasteiger charge is -2.12. The van der Waals surface area contributed by atoms with Gasteiger partial charge in [0, 0.05) is 36.4 Å². The van der Waals surface area contributed by atoms with E-state index in [4.69, 9.17) is 5.73 Å². The van der Waals surface area contributed by atoms with Crippen LogP contribution in [0.1, 0.15) is 22.5 Å². The maximum Gasteiger partial charge on any atom is 0.221 e. The van der Waals surface area contributed by atoms with Crippen LogP contribution < -0.4 is 11.1 Å². The quantitative estimate of drug-likeness (QED) is 0.368. The van der Waals surface area contributed by atoms with Crippen LogP contribution in [0.4, 0.5) is 11.8 Å². The van der Waals surface area contributed by atoms with Crippen LogP contribution in [0.25, 0.3) is 21.9 Å². The molecular weight excluding hydrogens is 362 g/mol. The van der Waals surface area contributed by atoms with Crippen molar-refractivity contribution in [2.24, 2.45) is 0 Å². The fourth-order valence-electron chi connectivity index (χ4n) is 3.60. The van der Waals surface area contributed by atoms with Crippen LogP contribution in [0.3, 0.4) is 0 Å². The largest absolute Gasteiger partial charge is 0.368 e. The number of H-pyrrole nitrogens is 2. The highest BCUT2D eigenvalue weighted by Gasteiger charge is 2.09. The van der Waals surface area contributed by atoms with Gasteiger partial charge in [0.25, 0.3) is 0 Å². The second-order valence-corrected chi connectivity index (χ2v) is 7.21. The summed E-state index contributed by atoms with van der Waals surface area (Å²) in [5.74, 6) is 1.92. The molecule has 0 aliphatic rings. The van der Waals surface area contributed by atoms with Crippen molar-refractivity contribution in [1.29, 1.82) is 0 Å². The van der Waals surface area contributed by atoms with Gasteiger partial charge in [0.1, 0.15) is 11.6 Å². The fourth-order valence-corrected chi connectivity index (χ4v) is 3.60. The predicted molar refractivity (Wildman–Crippen MR) is 116 cm³/mol. The van der Waals surface area contributed by atoms with E-state index in [-0.39, 0.29) is 5.95 Å². The molecule has 7 heteroatoms. The minimum atomic E-state index is 0.259. The molecule has 3 heterocycles. The number of nitrogens with one attached hydrogen (secondary N) is 3. The Morgan fingerprint density at radius 1 is 1.00 bits per heavy atom. The van der Waals surface area contributed by atoms with Crippen molar-refractivity contribution in [3.8, 4) is 0 Å². The lowest BCUT2D eigenvalue weighted by molar-refractivity contribution is 1.04. The van der Waals surface area contributed by atoms with Gasteiger partial charge in [-0.2, -0.15) is 4.98 Å². The van der Waals surface area contributed by atoms with Crippen LogP contribution in [0.5, 0.6) is 0 Å². The minimum absolute atomic E-state index is 0.259. The molecule has 144 valence electrons. The Kier molecular flexibility index (Phi) is 4.13. The van der Waals surface area contributed by atoms with E-state index in [0.717, 1.165) is 45.7 Å². The summed E-state index contributed by atoms with van der Waals surface area (Å²) in [6, 6.07) is 14.7. The first-order valence-electron chi connectivity index (χ1n) is 9.50.